The van der Waals surface area contributed by atoms with Gasteiger partial charge in [-0.3, -0.25) is 13.9 Å². The molecule has 100 valence electrons. The minimum absolute atomic E-state index is 0.148. The van der Waals surface area contributed by atoms with E-state index in [4.69, 9.17) is 5.11 Å². The van der Waals surface area contributed by atoms with Gasteiger partial charge in [0.05, 0.1) is 6.10 Å². The first kappa shape index (κ1) is 13.0. The van der Waals surface area contributed by atoms with Crippen LogP contribution >= 0.6 is 0 Å². The van der Waals surface area contributed by atoms with Gasteiger partial charge in [0, 0.05) is 32.4 Å². The van der Waals surface area contributed by atoms with Gasteiger partial charge in [-0.2, -0.15) is 0 Å². The van der Waals surface area contributed by atoms with Crippen LogP contribution in [-0.4, -0.2) is 26.9 Å². The topological polar surface area (TPSA) is 76.3 Å². The molecule has 1 aromatic rings. The molecule has 0 aliphatic heterocycles. The van der Waals surface area contributed by atoms with Crippen LogP contribution in [-0.2, 0) is 20.6 Å². The third-order valence-corrected chi connectivity index (χ3v) is 3.58. The van der Waals surface area contributed by atoms with Crippen molar-refractivity contribution in [1.82, 2.24) is 14.5 Å². The standard InChI is InChI=1S/C12H19N3O3/c1-14-9(5-11(17)15(2)12(14)18)7-13-6-8-3-10(16)4-8/h5,8,10,13,16H,3-4,6-7H2,1-2H3. The van der Waals surface area contributed by atoms with Gasteiger partial charge < -0.3 is 10.4 Å². The van der Waals surface area contributed by atoms with Crippen LogP contribution < -0.4 is 16.6 Å². The Balaban J connectivity index is 1.97. The SMILES string of the molecule is Cn1c(CNCC2CC(O)C2)cc(=O)n(C)c1=O. The Hall–Kier alpha value is -1.40. The molecule has 0 amide bonds. The Morgan fingerprint density at radius 1 is 1.33 bits per heavy atom. The lowest BCUT2D eigenvalue weighted by atomic mass is 9.82. The lowest BCUT2D eigenvalue weighted by Crippen LogP contribution is -2.40. The summed E-state index contributed by atoms with van der Waals surface area (Å²) in [5.41, 5.74) is 0.0929. The van der Waals surface area contributed by atoms with Gasteiger partial charge >= 0.3 is 5.69 Å². The molecule has 0 radical (unpaired) electrons. The number of hydrogen-bond donors (Lipinski definition) is 2. The number of aliphatic hydroxyl groups excluding tert-OH is 1. The minimum Gasteiger partial charge on any atom is -0.393 e. The molecule has 1 saturated carbocycles. The Bertz CT molecular complexity index is 540. The van der Waals surface area contributed by atoms with Gasteiger partial charge in [0.25, 0.3) is 5.56 Å². The summed E-state index contributed by atoms with van der Waals surface area (Å²) in [4.78, 5) is 23.2. The van der Waals surface area contributed by atoms with Crippen LogP contribution in [0.25, 0.3) is 0 Å². The van der Waals surface area contributed by atoms with E-state index in [0.29, 0.717) is 18.2 Å². The van der Waals surface area contributed by atoms with Crippen molar-refractivity contribution in [1.29, 1.82) is 0 Å². The summed E-state index contributed by atoms with van der Waals surface area (Å²) in [5, 5.41) is 12.4. The van der Waals surface area contributed by atoms with Crippen LogP contribution in [0.4, 0.5) is 0 Å². The first-order valence-corrected chi connectivity index (χ1v) is 6.13. The van der Waals surface area contributed by atoms with Crippen molar-refractivity contribution in [3.05, 3.63) is 32.6 Å². The van der Waals surface area contributed by atoms with E-state index in [9.17, 15) is 9.59 Å². The highest BCUT2D eigenvalue weighted by molar-refractivity contribution is 5.02. The summed E-state index contributed by atoms with van der Waals surface area (Å²) >= 11 is 0. The van der Waals surface area contributed by atoms with Gasteiger partial charge in [-0.05, 0) is 25.3 Å². The van der Waals surface area contributed by atoms with Crippen molar-refractivity contribution < 1.29 is 5.11 Å². The fourth-order valence-corrected chi connectivity index (χ4v) is 2.22. The molecule has 2 rings (SSSR count). The summed E-state index contributed by atoms with van der Waals surface area (Å²) in [6.45, 7) is 1.30. The second kappa shape index (κ2) is 5.07. The van der Waals surface area contributed by atoms with Gasteiger partial charge in [0.1, 0.15) is 0 Å². The highest BCUT2D eigenvalue weighted by atomic mass is 16.3. The fourth-order valence-electron chi connectivity index (χ4n) is 2.22. The average molecular weight is 253 g/mol. The number of nitrogens with one attached hydrogen (secondary N) is 1. The maximum absolute atomic E-state index is 11.7. The van der Waals surface area contributed by atoms with Gasteiger partial charge in [0.15, 0.2) is 0 Å². The summed E-state index contributed by atoms with van der Waals surface area (Å²) in [6.07, 6.45) is 1.52. The maximum Gasteiger partial charge on any atom is 0.330 e. The van der Waals surface area contributed by atoms with Crippen molar-refractivity contribution in [3.8, 4) is 0 Å². The molecule has 0 aromatic carbocycles. The second-order valence-corrected chi connectivity index (χ2v) is 5.00. The molecule has 1 aliphatic carbocycles. The summed E-state index contributed by atoms with van der Waals surface area (Å²) in [6, 6.07) is 1.48. The van der Waals surface area contributed by atoms with Gasteiger partial charge in [-0.15, -0.1) is 0 Å². The van der Waals surface area contributed by atoms with Crippen LogP contribution in [0, 0.1) is 5.92 Å². The third kappa shape index (κ3) is 2.54. The molecular formula is C12H19N3O3. The van der Waals surface area contributed by atoms with Crippen molar-refractivity contribution in [2.75, 3.05) is 6.54 Å². The highest BCUT2D eigenvalue weighted by Gasteiger charge is 2.26. The largest absolute Gasteiger partial charge is 0.393 e. The zero-order valence-electron chi connectivity index (χ0n) is 10.7. The molecule has 0 bridgehead atoms. The number of hydrogen-bond acceptors (Lipinski definition) is 4. The second-order valence-electron chi connectivity index (χ2n) is 5.00. The first-order chi connectivity index (χ1) is 8.49. The molecule has 0 spiro atoms. The zero-order valence-corrected chi connectivity index (χ0v) is 10.7. The van der Waals surface area contributed by atoms with E-state index in [1.807, 2.05) is 0 Å². The van der Waals surface area contributed by atoms with Gasteiger partial charge in [0.2, 0.25) is 0 Å². The van der Waals surface area contributed by atoms with E-state index in [0.717, 1.165) is 24.0 Å². The Kier molecular flexibility index (Phi) is 3.68. The van der Waals surface area contributed by atoms with E-state index in [1.54, 1.807) is 7.05 Å². The molecular weight excluding hydrogens is 234 g/mol. The monoisotopic (exact) mass is 253 g/mol. The van der Waals surface area contributed by atoms with Gasteiger partial charge in [-0.1, -0.05) is 0 Å². The van der Waals surface area contributed by atoms with Gasteiger partial charge in [-0.25, -0.2) is 4.79 Å². The molecule has 18 heavy (non-hydrogen) atoms. The lowest BCUT2D eigenvalue weighted by molar-refractivity contribution is 0.0429. The summed E-state index contributed by atoms with van der Waals surface area (Å²) < 4.78 is 2.57. The number of nitrogens with zero attached hydrogens (tertiary/aromatic N) is 2. The lowest BCUT2D eigenvalue weighted by Gasteiger charge is -2.31. The summed E-state index contributed by atoms with van der Waals surface area (Å²) in [7, 11) is 3.13. The van der Waals surface area contributed by atoms with E-state index >= 15 is 0 Å². The minimum atomic E-state index is -0.307. The highest BCUT2D eigenvalue weighted by Crippen LogP contribution is 2.26. The normalized spacial score (nSPS) is 22.8. The molecule has 1 heterocycles. The molecule has 0 saturated heterocycles. The molecule has 6 nitrogen and oxygen atoms in total. The zero-order chi connectivity index (χ0) is 13.3. The Labute approximate surface area is 105 Å². The first-order valence-electron chi connectivity index (χ1n) is 6.13. The fraction of sp³-hybridized carbons (Fsp3) is 0.667. The summed E-state index contributed by atoms with van der Waals surface area (Å²) in [5.74, 6) is 0.503. The number of rotatable bonds is 4. The molecule has 1 aromatic heterocycles. The van der Waals surface area contributed by atoms with Crippen LogP contribution in [0.2, 0.25) is 0 Å². The molecule has 6 heteroatoms. The number of aliphatic hydroxyl groups is 1. The van der Waals surface area contributed by atoms with Crippen LogP contribution in [0.5, 0.6) is 0 Å². The molecule has 1 fully saturated rings. The quantitative estimate of drug-likeness (QED) is 0.717. The Morgan fingerprint density at radius 2 is 2.00 bits per heavy atom. The molecule has 0 unspecified atom stereocenters. The maximum atomic E-state index is 11.7. The third-order valence-electron chi connectivity index (χ3n) is 3.58. The van der Waals surface area contributed by atoms with E-state index in [1.165, 1.54) is 17.7 Å². The average Bonchev–Trinajstić information content (AvgIpc) is 2.30. The Morgan fingerprint density at radius 3 is 2.61 bits per heavy atom. The van der Waals surface area contributed by atoms with Crippen molar-refractivity contribution in [2.45, 2.75) is 25.5 Å². The molecule has 1 aliphatic rings. The predicted octanol–water partition coefficient (Wildman–Crippen LogP) is -1.06. The van der Waals surface area contributed by atoms with Crippen LogP contribution in [0.3, 0.4) is 0 Å². The van der Waals surface area contributed by atoms with E-state index in [-0.39, 0.29) is 17.4 Å². The van der Waals surface area contributed by atoms with E-state index in [2.05, 4.69) is 5.32 Å². The van der Waals surface area contributed by atoms with Crippen molar-refractivity contribution >= 4 is 0 Å². The van der Waals surface area contributed by atoms with E-state index < -0.39 is 0 Å². The van der Waals surface area contributed by atoms with Crippen LogP contribution in [0.15, 0.2) is 15.7 Å². The molecule has 2 N–H and O–H groups in total. The van der Waals surface area contributed by atoms with Crippen molar-refractivity contribution in [3.63, 3.8) is 0 Å². The van der Waals surface area contributed by atoms with Crippen molar-refractivity contribution in [2.24, 2.45) is 20.0 Å². The number of aromatic nitrogens is 2. The predicted molar refractivity (Wildman–Crippen MR) is 67.4 cm³/mol. The smallest absolute Gasteiger partial charge is 0.330 e. The van der Waals surface area contributed by atoms with Crippen LogP contribution in [0.1, 0.15) is 18.5 Å². The molecule has 0 atom stereocenters.